The molecule has 1 aromatic rings. The van der Waals surface area contributed by atoms with Gasteiger partial charge in [-0.3, -0.25) is 4.79 Å². The van der Waals surface area contributed by atoms with E-state index in [9.17, 15) is 9.18 Å². The van der Waals surface area contributed by atoms with E-state index < -0.39 is 5.82 Å². The highest BCUT2D eigenvalue weighted by molar-refractivity contribution is 5.98. The molecular formula is C12H13FO2. The Bertz CT molecular complexity index is 383. The van der Waals surface area contributed by atoms with Crippen LogP contribution in [0.5, 0.6) is 5.75 Å². The fraction of sp³-hybridized carbons (Fsp3) is 0.417. The van der Waals surface area contributed by atoms with Crippen molar-refractivity contribution in [2.45, 2.75) is 19.3 Å². The van der Waals surface area contributed by atoms with Crippen LogP contribution in [0.2, 0.25) is 0 Å². The lowest BCUT2D eigenvalue weighted by molar-refractivity contribution is 0.0850. The summed E-state index contributed by atoms with van der Waals surface area (Å²) < 4.78 is 18.5. The van der Waals surface area contributed by atoms with Gasteiger partial charge in [0.25, 0.3) is 0 Å². The number of carbonyl (C=O) groups excluding carboxylic acids is 1. The van der Waals surface area contributed by atoms with Gasteiger partial charge in [-0.2, -0.15) is 0 Å². The van der Waals surface area contributed by atoms with Crippen molar-refractivity contribution in [1.82, 2.24) is 0 Å². The van der Waals surface area contributed by atoms with Crippen LogP contribution in [0.25, 0.3) is 0 Å². The molecule has 0 atom stereocenters. The van der Waals surface area contributed by atoms with Crippen LogP contribution in [0.4, 0.5) is 4.39 Å². The van der Waals surface area contributed by atoms with Crippen molar-refractivity contribution < 1.29 is 13.9 Å². The van der Waals surface area contributed by atoms with Gasteiger partial charge in [0.15, 0.2) is 17.3 Å². The minimum atomic E-state index is -0.531. The largest absolute Gasteiger partial charge is 0.494 e. The second-order valence-corrected chi connectivity index (χ2v) is 3.81. The highest BCUT2D eigenvalue weighted by Crippen LogP contribution is 2.32. The molecule has 1 fully saturated rings. The molecule has 1 saturated carbocycles. The summed E-state index contributed by atoms with van der Waals surface area (Å²) in [6.45, 7) is 0. The van der Waals surface area contributed by atoms with Crippen LogP contribution in [0.15, 0.2) is 18.2 Å². The summed E-state index contributed by atoms with van der Waals surface area (Å²) in [6, 6.07) is 4.69. The minimum absolute atomic E-state index is 0.0200. The summed E-state index contributed by atoms with van der Waals surface area (Å²) in [7, 11) is 1.40. The molecule has 15 heavy (non-hydrogen) atoms. The zero-order valence-corrected chi connectivity index (χ0v) is 8.63. The topological polar surface area (TPSA) is 26.3 Å². The van der Waals surface area contributed by atoms with Crippen LogP contribution in [-0.2, 0) is 0 Å². The van der Waals surface area contributed by atoms with Gasteiger partial charge in [0.05, 0.1) is 12.7 Å². The number of ketones is 1. The zero-order valence-electron chi connectivity index (χ0n) is 8.63. The molecule has 0 aliphatic heterocycles. The summed E-state index contributed by atoms with van der Waals surface area (Å²) in [5.41, 5.74) is 0.166. The summed E-state index contributed by atoms with van der Waals surface area (Å²) in [5, 5.41) is 0. The first-order chi connectivity index (χ1) is 7.24. The number of hydrogen-bond donors (Lipinski definition) is 0. The normalized spacial score (nSPS) is 15.9. The number of methoxy groups -OCH3 is 1. The Labute approximate surface area is 88.1 Å². The number of Topliss-reactive ketones (excluding diaryl/α,β-unsaturated/α-hetero) is 1. The van der Waals surface area contributed by atoms with Gasteiger partial charge in [-0.1, -0.05) is 12.5 Å². The van der Waals surface area contributed by atoms with E-state index >= 15 is 0 Å². The van der Waals surface area contributed by atoms with Gasteiger partial charge in [-0.25, -0.2) is 4.39 Å². The molecule has 1 aliphatic carbocycles. The van der Waals surface area contributed by atoms with E-state index in [-0.39, 0.29) is 23.0 Å². The predicted octanol–water partition coefficient (Wildman–Crippen LogP) is 2.82. The van der Waals surface area contributed by atoms with Gasteiger partial charge < -0.3 is 4.74 Å². The van der Waals surface area contributed by atoms with Gasteiger partial charge in [-0.05, 0) is 25.0 Å². The highest BCUT2D eigenvalue weighted by atomic mass is 19.1. The van der Waals surface area contributed by atoms with Gasteiger partial charge in [0.1, 0.15) is 0 Å². The van der Waals surface area contributed by atoms with Crippen molar-refractivity contribution in [2.75, 3.05) is 7.11 Å². The number of benzene rings is 1. The Balaban J connectivity index is 2.30. The maximum atomic E-state index is 13.7. The maximum Gasteiger partial charge on any atom is 0.175 e. The molecule has 3 heteroatoms. The first-order valence-electron chi connectivity index (χ1n) is 5.10. The lowest BCUT2D eigenvalue weighted by Crippen LogP contribution is -2.22. The van der Waals surface area contributed by atoms with Crippen LogP contribution in [0.3, 0.4) is 0 Å². The molecule has 1 aromatic carbocycles. The molecule has 0 heterocycles. The molecule has 0 saturated heterocycles. The van der Waals surface area contributed by atoms with Crippen LogP contribution >= 0.6 is 0 Å². The summed E-state index contributed by atoms with van der Waals surface area (Å²) in [4.78, 5) is 11.8. The number of rotatable bonds is 3. The van der Waals surface area contributed by atoms with Crippen LogP contribution < -0.4 is 4.74 Å². The van der Waals surface area contributed by atoms with E-state index in [1.165, 1.54) is 19.2 Å². The van der Waals surface area contributed by atoms with E-state index in [0.29, 0.717) is 0 Å². The summed E-state index contributed by atoms with van der Waals surface area (Å²) in [5.74, 6) is -0.457. The second kappa shape index (κ2) is 4.01. The maximum absolute atomic E-state index is 13.7. The van der Waals surface area contributed by atoms with E-state index in [2.05, 4.69) is 0 Å². The van der Waals surface area contributed by atoms with Crippen LogP contribution in [0.1, 0.15) is 29.6 Å². The average molecular weight is 208 g/mol. The lowest BCUT2D eigenvalue weighted by atomic mass is 9.80. The first-order valence-corrected chi connectivity index (χ1v) is 5.10. The molecule has 80 valence electrons. The van der Waals surface area contributed by atoms with Gasteiger partial charge >= 0.3 is 0 Å². The minimum Gasteiger partial charge on any atom is -0.494 e. The molecule has 0 unspecified atom stereocenters. The Hall–Kier alpha value is -1.38. The summed E-state index contributed by atoms with van der Waals surface area (Å²) >= 11 is 0. The molecule has 2 nitrogen and oxygen atoms in total. The van der Waals surface area contributed by atoms with Gasteiger partial charge in [0.2, 0.25) is 0 Å². The zero-order chi connectivity index (χ0) is 10.8. The molecule has 0 radical (unpaired) electrons. The van der Waals surface area contributed by atoms with Gasteiger partial charge in [0, 0.05) is 5.92 Å². The third kappa shape index (κ3) is 1.74. The standard InChI is InChI=1S/C12H13FO2/c1-15-10-7-3-6-9(11(10)13)12(14)8-4-2-5-8/h3,6-8H,2,4-5H2,1H3. The average Bonchev–Trinajstić information content (AvgIpc) is 2.15. The van der Waals surface area contributed by atoms with Crippen LogP contribution in [0, 0.1) is 11.7 Å². The van der Waals surface area contributed by atoms with Crippen molar-refractivity contribution >= 4 is 5.78 Å². The predicted molar refractivity (Wildman–Crippen MR) is 54.6 cm³/mol. The second-order valence-electron chi connectivity index (χ2n) is 3.81. The number of carbonyl (C=O) groups is 1. The SMILES string of the molecule is COc1cccc(C(=O)C2CCC2)c1F. The number of hydrogen-bond acceptors (Lipinski definition) is 2. The van der Waals surface area contributed by atoms with E-state index in [1.54, 1.807) is 6.07 Å². The monoisotopic (exact) mass is 208 g/mol. The molecule has 1 aliphatic rings. The number of ether oxygens (including phenoxy) is 1. The van der Waals surface area contributed by atoms with Crippen molar-refractivity contribution in [3.8, 4) is 5.75 Å². The lowest BCUT2D eigenvalue weighted by Gasteiger charge is -2.24. The van der Waals surface area contributed by atoms with E-state index in [4.69, 9.17) is 4.74 Å². The van der Waals surface area contributed by atoms with Crippen LogP contribution in [-0.4, -0.2) is 12.9 Å². The molecule has 2 rings (SSSR count). The van der Waals surface area contributed by atoms with Crippen molar-refractivity contribution in [1.29, 1.82) is 0 Å². The third-order valence-corrected chi connectivity index (χ3v) is 2.92. The molecule has 0 N–H and O–H groups in total. The molecule has 0 amide bonds. The third-order valence-electron chi connectivity index (χ3n) is 2.92. The van der Waals surface area contributed by atoms with Crippen molar-refractivity contribution in [3.05, 3.63) is 29.6 Å². The van der Waals surface area contributed by atoms with E-state index in [1.807, 2.05) is 0 Å². The van der Waals surface area contributed by atoms with Gasteiger partial charge in [-0.15, -0.1) is 0 Å². The molecular weight excluding hydrogens is 195 g/mol. The first kappa shape index (κ1) is 10.1. The van der Waals surface area contributed by atoms with Crippen molar-refractivity contribution in [3.63, 3.8) is 0 Å². The molecule has 0 aromatic heterocycles. The Morgan fingerprint density at radius 1 is 1.47 bits per heavy atom. The van der Waals surface area contributed by atoms with Crippen molar-refractivity contribution in [2.24, 2.45) is 5.92 Å². The smallest absolute Gasteiger partial charge is 0.175 e. The van der Waals surface area contributed by atoms with E-state index in [0.717, 1.165) is 19.3 Å². The number of halogens is 1. The fourth-order valence-electron chi connectivity index (χ4n) is 1.75. The quantitative estimate of drug-likeness (QED) is 0.714. The fourth-order valence-corrected chi connectivity index (χ4v) is 1.75. The summed E-state index contributed by atoms with van der Waals surface area (Å²) in [6.07, 6.45) is 2.84. The molecule has 0 spiro atoms. The Morgan fingerprint density at radius 3 is 2.73 bits per heavy atom. The highest BCUT2D eigenvalue weighted by Gasteiger charge is 2.28. The Morgan fingerprint density at radius 2 is 2.20 bits per heavy atom. The molecule has 0 bridgehead atoms. The Kier molecular flexibility index (Phi) is 2.71.